The van der Waals surface area contributed by atoms with E-state index in [1.54, 1.807) is 40.8 Å². The molecule has 1 N–H and O–H groups in total. The molecule has 84 valence electrons. The zero-order valence-electron chi connectivity index (χ0n) is 8.82. The Morgan fingerprint density at radius 2 is 1.88 bits per heavy atom. The Balaban J connectivity index is 1.99. The van der Waals surface area contributed by atoms with Crippen molar-refractivity contribution in [2.75, 3.05) is 0 Å². The van der Waals surface area contributed by atoms with Gasteiger partial charge in [-0.3, -0.25) is 0 Å². The molecule has 0 saturated carbocycles. The van der Waals surface area contributed by atoms with Crippen LogP contribution in [0.25, 0.3) is 5.52 Å². The van der Waals surface area contributed by atoms with Crippen LogP contribution in [0.1, 0.15) is 0 Å². The highest BCUT2D eigenvalue weighted by Crippen LogP contribution is 2.29. The summed E-state index contributed by atoms with van der Waals surface area (Å²) in [6.07, 6.45) is 5.29. The third-order valence-corrected chi connectivity index (χ3v) is 3.36. The van der Waals surface area contributed by atoms with Crippen LogP contribution in [0.2, 0.25) is 0 Å². The standard InChI is InChI=1S/C12H9N3OS/c16-9-1-3-10(4-2-9)17-12-11-5-6-14-15(11)8-7-13-12/h1-8,16H. The van der Waals surface area contributed by atoms with Crippen LogP contribution in [0, 0.1) is 0 Å². The first-order valence-electron chi connectivity index (χ1n) is 5.08. The number of hydrogen-bond donors (Lipinski definition) is 1. The summed E-state index contributed by atoms with van der Waals surface area (Å²) in [4.78, 5) is 5.37. The number of fused-ring (bicyclic) bond motifs is 1. The lowest BCUT2D eigenvalue weighted by Gasteiger charge is -2.02. The fourth-order valence-corrected chi connectivity index (χ4v) is 2.41. The van der Waals surface area contributed by atoms with Gasteiger partial charge in [-0.2, -0.15) is 5.10 Å². The highest BCUT2D eigenvalue weighted by molar-refractivity contribution is 7.99. The molecule has 4 nitrogen and oxygen atoms in total. The second-order valence-electron chi connectivity index (χ2n) is 3.49. The van der Waals surface area contributed by atoms with Gasteiger partial charge >= 0.3 is 0 Å². The topological polar surface area (TPSA) is 50.4 Å². The van der Waals surface area contributed by atoms with Gasteiger partial charge in [0.1, 0.15) is 10.8 Å². The molecule has 1 aromatic carbocycles. The summed E-state index contributed by atoms with van der Waals surface area (Å²) in [7, 11) is 0. The summed E-state index contributed by atoms with van der Waals surface area (Å²) in [6, 6.07) is 8.98. The Bertz CT molecular complexity index is 648. The fraction of sp³-hybridized carbons (Fsp3) is 0. The minimum atomic E-state index is 0.268. The molecule has 0 aliphatic rings. The van der Waals surface area contributed by atoms with Crippen LogP contribution < -0.4 is 0 Å². The van der Waals surface area contributed by atoms with E-state index in [9.17, 15) is 5.11 Å². The lowest BCUT2D eigenvalue weighted by atomic mass is 10.3. The van der Waals surface area contributed by atoms with Crippen molar-refractivity contribution in [2.24, 2.45) is 0 Å². The number of benzene rings is 1. The highest BCUT2D eigenvalue weighted by Gasteiger charge is 2.05. The second kappa shape index (κ2) is 4.10. The molecular formula is C12H9N3OS. The van der Waals surface area contributed by atoms with Crippen LogP contribution in [-0.4, -0.2) is 19.7 Å². The van der Waals surface area contributed by atoms with Gasteiger partial charge < -0.3 is 5.11 Å². The van der Waals surface area contributed by atoms with Crippen molar-refractivity contribution in [3.8, 4) is 5.75 Å². The van der Waals surface area contributed by atoms with Gasteiger partial charge in [0.05, 0.1) is 11.7 Å². The number of rotatable bonds is 2. The molecule has 2 aromatic heterocycles. The van der Waals surface area contributed by atoms with Crippen molar-refractivity contribution in [1.29, 1.82) is 0 Å². The molecule has 0 aliphatic carbocycles. The molecule has 0 amide bonds. The largest absolute Gasteiger partial charge is 0.508 e. The first-order chi connectivity index (χ1) is 8.33. The normalized spacial score (nSPS) is 10.8. The van der Waals surface area contributed by atoms with E-state index in [2.05, 4.69) is 10.1 Å². The summed E-state index contributed by atoms with van der Waals surface area (Å²) in [5, 5.41) is 14.3. The van der Waals surface area contributed by atoms with Gasteiger partial charge in [-0.05, 0) is 30.3 Å². The van der Waals surface area contributed by atoms with E-state index in [0.717, 1.165) is 15.4 Å². The number of nitrogens with zero attached hydrogens (tertiary/aromatic N) is 3. The summed E-state index contributed by atoms with van der Waals surface area (Å²) in [5.41, 5.74) is 0.977. The zero-order chi connectivity index (χ0) is 11.7. The monoisotopic (exact) mass is 243 g/mol. The van der Waals surface area contributed by atoms with Crippen LogP contribution in [0.5, 0.6) is 5.75 Å². The molecule has 0 saturated heterocycles. The smallest absolute Gasteiger partial charge is 0.127 e. The maximum absolute atomic E-state index is 9.22. The van der Waals surface area contributed by atoms with Gasteiger partial charge in [0.2, 0.25) is 0 Å². The average molecular weight is 243 g/mol. The number of aromatic hydroxyl groups is 1. The predicted molar refractivity (Wildman–Crippen MR) is 65.2 cm³/mol. The average Bonchev–Trinajstić information content (AvgIpc) is 2.81. The number of aromatic nitrogens is 3. The Hall–Kier alpha value is -2.01. The van der Waals surface area contributed by atoms with Gasteiger partial charge in [-0.15, -0.1) is 0 Å². The third kappa shape index (κ3) is 1.97. The molecule has 5 heteroatoms. The SMILES string of the molecule is Oc1ccc(Sc2nccn3nccc23)cc1. The molecule has 0 atom stereocenters. The Kier molecular flexibility index (Phi) is 2.45. The summed E-state index contributed by atoms with van der Waals surface area (Å²) >= 11 is 1.55. The number of hydrogen-bond acceptors (Lipinski definition) is 4. The second-order valence-corrected chi connectivity index (χ2v) is 4.55. The van der Waals surface area contributed by atoms with Gasteiger partial charge in [0.15, 0.2) is 0 Å². The molecule has 0 aliphatic heterocycles. The maximum Gasteiger partial charge on any atom is 0.127 e. The zero-order valence-corrected chi connectivity index (χ0v) is 9.63. The van der Waals surface area contributed by atoms with Gasteiger partial charge in [-0.25, -0.2) is 9.50 Å². The first-order valence-corrected chi connectivity index (χ1v) is 5.90. The van der Waals surface area contributed by atoms with Crippen LogP contribution in [0.15, 0.2) is 58.8 Å². The maximum atomic E-state index is 9.22. The molecule has 0 radical (unpaired) electrons. The van der Waals surface area contributed by atoms with Crippen molar-refractivity contribution in [1.82, 2.24) is 14.6 Å². The first kappa shape index (κ1) is 10.2. The van der Waals surface area contributed by atoms with Crippen LogP contribution in [-0.2, 0) is 0 Å². The van der Waals surface area contributed by atoms with E-state index in [1.165, 1.54) is 0 Å². The Labute approximate surface area is 102 Å². The van der Waals surface area contributed by atoms with Crippen LogP contribution in [0.4, 0.5) is 0 Å². The van der Waals surface area contributed by atoms with Crippen LogP contribution in [0.3, 0.4) is 0 Å². The Morgan fingerprint density at radius 1 is 1.06 bits per heavy atom. The number of phenols is 1. The van der Waals surface area contributed by atoms with Crippen molar-refractivity contribution < 1.29 is 5.11 Å². The molecule has 0 spiro atoms. The molecule has 17 heavy (non-hydrogen) atoms. The molecule has 3 rings (SSSR count). The lowest BCUT2D eigenvalue weighted by Crippen LogP contribution is -1.90. The van der Waals surface area contributed by atoms with Crippen molar-refractivity contribution in [3.05, 3.63) is 48.9 Å². The quantitative estimate of drug-likeness (QED) is 0.751. The molecule has 3 aromatic rings. The molecule has 0 unspecified atom stereocenters. The third-order valence-electron chi connectivity index (χ3n) is 2.34. The van der Waals surface area contributed by atoms with Crippen molar-refractivity contribution >= 4 is 17.3 Å². The minimum absolute atomic E-state index is 0.268. The van der Waals surface area contributed by atoms with Crippen molar-refractivity contribution in [3.63, 3.8) is 0 Å². The molecular weight excluding hydrogens is 234 g/mol. The molecule has 0 fully saturated rings. The van der Waals surface area contributed by atoms with E-state index in [4.69, 9.17) is 0 Å². The van der Waals surface area contributed by atoms with E-state index in [0.29, 0.717) is 0 Å². The van der Waals surface area contributed by atoms with E-state index < -0.39 is 0 Å². The number of phenolic OH excluding ortho intramolecular Hbond substituents is 1. The summed E-state index contributed by atoms with van der Waals surface area (Å²) in [5.74, 6) is 0.268. The fourth-order valence-electron chi connectivity index (χ4n) is 1.54. The van der Waals surface area contributed by atoms with Gasteiger partial charge in [0, 0.05) is 17.3 Å². The lowest BCUT2D eigenvalue weighted by molar-refractivity contribution is 0.475. The van der Waals surface area contributed by atoms with E-state index in [1.807, 2.05) is 24.4 Å². The van der Waals surface area contributed by atoms with E-state index in [-0.39, 0.29) is 5.75 Å². The van der Waals surface area contributed by atoms with Crippen LogP contribution >= 0.6 is 11.8 Å². The predicted octanol–water partition coefficient (Wildman–Crippen LogP) is 2.59. The van der Waals surface area contributed by atoms with Gasteiger partial charge in [0.25, 0.3) is 0 Å². The summed E-state index contributed by atoms with van der Waals surface area (Å²) < 4.78 is 1.79. The molecule has 2 heterocycles. The van der Waals surface area contributed by atoms with Crippen molar-refractivity contribution in [2.45, 2.75) is 9.92 Å². The van der Waals surface area contributed by atoms with E-state index >= 15 is 0 Å². The molecule has 0 bridgehead atoms. The van der Waals surface area contributed by atoms with Gasteiger partial charge in [-0.1, -0.05) is 11.8 Å². The highest BCUT2D eigenvalue weighted by atomic mass is 32.2. The Morgan fingerprint density at radius 3 is 2.71 bits per heavy atom. The minimum Gasteiger partial charge on any atom is -0.508 e. The summed E-state index contributed by atoms with van der Waals surface area (Å²) in [6.45, 7) is 0.